The third-order valence-electron chi connectivity index (χ3n) is 4.50. The molecule has 25 heavy (non-hydrogen) atoms. The van der Waals surface area contributed by atoms with Crippen molar-refractivity contribution in [2.75, 3.05) is 36.8 Å². The molecule has 0 atom stereocenters. The van der Waals surface area contributed by atoms with E-state index in [1.54, 1.807) is 11.0 Å². The number of nitrogens with zero attached hydrogens (tertiary/aromatic N) is 3. The molecule has 3 rings (SSSR count). The largest absolute Gasteiger partial charge is 0.393 e. The molecule has 0 bridgehead atoms. The molecule has 0 saturated carbocycles. The van der Waals surface area contributed by atoms with Crippen molar-refractivity contribution in [2.24, 2.45) is 0 Å². The molecule has 0 aliphatic carbocycles. The number of rotatable bonds is 3. The van der Waals surface area contributed by atoms with Crippen LogP contribution in [0.5, 0.6) is 0 Å². The van der Waals surface area contributed by atoms with Gasteiger partial charge >= 0.3 is 0 Å². The minimum absolute atomic E-state index is 0.0610. The minimum Gasteiger partial charge on any atom is -0.393 e. The molecular formula is C18H20N4O3. The highest BCUT2D eigenvalue weighted by atomic mass is 16.6. The maximum Gasteiger partial charge on any atom is 0.292 e. The fraction of sp³-hybridized carbons (Fsp3) is 0.278. The van der Waals surface area contributed by atoms with Gasteiger partial charge in [0, 0.05) is 43.5 Å². The molecule has 0 aromatic heterocycles. The topological polar surface area (TPSA) is 92.7 Å². The fourth-order valence-corrected chi connectivity index (χ4v) is 3.09. The van der Waals surface area contributed by atoms with E-state index in [1.165, 1.54) is 23.4 Å². The number of nitro groups is 1. The average molecular weight is 340 g/mol. The molecule has 1 saturated heterocycles. The van der Waals surface area contributed by atoms with E-state index in [-0.39, 0.29) is 17.3 Å². The monoisotopic (exact) mass is 340 g/mol. The predicted octanol–water partition coefficient (Wildman–Crippen LogP) is 2.45. The molecule has 2 aromatic carbocycles. The van der Waals surface area contributed by atoms with Crippen molar-refractivity contribution in [3.63, 3.8) is 0 Å². The van der Waals surface area contributed by atoms with Crippen LogP contribution in [0.1, 0.15) is 15.9 Å². The molecule has 1 aliphatic heterocycles. The van der Waals surface area contributed by atoms with Crippen LogP contribution in [0.3, 0.4) is 0 Å². The van der Waals surface area contributed by atoms with E-state index in [4.69, 9.17) is 5.73 Å². The standard InChI is InChI=1S/C18H20N4O3/c1-13-4-2-3-5-16(13)20-8-10-21(11-9-20)18(23)14-6-7-15(19)17(12-14)22(24)25/h2-7,12H,8-11,19H2,1H3. The summed E-state index contributed by atoms with van der Waals surface area (Å²) in [6.07, 6.45) is 0. The molecule has 1 fully saturated rings. The molecule has 0 radical (unpaired) electrons. The van der Waals surface area contributed by atoms with Crippen LogP contribution in [0.15, 0.2) is 42.5 Å². The van der Waals surface area contributed by atoms with Gasteiger partial charge < -0.3 is 15.5 Å². The summed E-state index contributed by atoms with van der Waals surface area (Å²) in [4.78, 5) is 27.1. The second-order valence-corrected chi connectivity index (χ2v) is 6.10. The Labute approximate surface area is 145 Å². The lowest BCUT2D eigenvalue weighted by Gasteiger charge is -2.36. The summed E-state index contributed by atoms with van der Waals surface area (Å²) in [7, 11) is 0. The Morgan fingerprint density at radius 2 is 1.80 bits per heavy atom. The van der Waals surface area contributed by atoms with Crippen LogP contribution in [0, 0.1) is 17.0 Å². The van der Waals surface area contributed by atoms with Crippen LogP contribution < -0.4 is 10.6 Å². The highest BCUT2D eigenvalue weighted by Crippen LogP contribution is 2.24. The normalized spacial score (nSPS) is 14.4. The number of nitro benzene ring substituents is 1. The van der Waals surface area contributed by atoms with Crippen LogP contribution in [-0.2, 0) is 0 Å². The molecule has 1 heterocycles. The lowest BCUT2D eigenvalue weighted by atomic mass is 10.1. The van der Waals surface area contributed by atoms with Gasteiger partial charge in [-0.05, 0) is 30.7 Å². The molecule has 0 spiro atoms. The number of benzene rings is 2. The summed E-state index contributed by atoms with van der Waals surface area (Å²) in [5, 5.41) is 11.0. The number of hydrogen-bond donors (Lipinski definition) is 1. The van der Waals surface area contributed by atoms with Crippen molar-refractivity contribution in [3.05, 3.63) is 63.7 Å². The van der Waals surface area contributed by atoms with Crippen LogP contribution in [-0.4, -0.2) is 41.9 Å². The van der Waals surface area contributed by atoms with E-state index < -0.39 is 4.92 Å². The van der Waals surface area contributed by atoms with Crippen molar-refractivity contribution in [3.8, 4) is 0 Å². The smallest absolute Gasteiger partial charge is 0.292 e. The maximum absolute atomic E-state index is 12.6. The number of aryl methyl sites for hydroxylation is 1. The summed E-state index contributed by atoms with van der Waals surface area (Å²) in [5.41, 5.74) is 8.10. The Morgan fingerprint density at radius 1 is 1.12 bits per heavy atom. The first-order chi connectivity index (χ1) is 12.0. The summed E-state index contributed by atoms with van der Waals surface area (Å²) in [6, 6.07) is 12.4. The summed E-state index contributed by atoms with van der Waals surface area (Å²) in [5.74, 6) is -0.201. The highest BCUT2D eigenvalue weighted by molar-refractivity contribution is 5.95. The number of hydrogen-bond acceptors (Lipinski definition) is 5. The van der Waals surface area contributed by atoms with E-state index in [1.807, 2.05) is 12.1 Å². The number of anilines is 2. The molecule has 130 valence electrons. The second kappa shape index (κ2) is 6.80. The molecule has 1 amide bonds. The minimum atomic E-state index is -0.567. The van der Waals surface area contributed by atoms with Crippen LogP contribution >= 0.6 is 0 Å². The van der Waals surface area contributed by atoms with Gasteiger partial charge in [-0.1, -0.05) is 18.2 Å². The first kappa shape index (κ1) is 16.8. The quantitative estimate of drug-likeness (QED) is 0.526. The zero-order valence-electron chi connectivity index (χ0n) is 14.0. The average Bonchev–Trinajstić information content (AvgIpc) is 2.62. The zero-order chi connectivity index (χ0) is 18.0. The van der Waals surface area contributed by atoms with Crippen LogP contribution in [0.25, 0.3) is 0 Å². The first-order valence-electron chi connectivity index (χ1n) is 8.11. The van der Waals surface area contributed by atoms with Gasteiger partial charge in [0.05, 0.1) is 4.92 Å². The summed E-state index contributed by atoms with van der Waals surface area (Å²) in [6.45, 7) is 4.68. The number of nitrogens with two attached hydrogens (primary N) is 1. The maximum atomic E-state index is 12.6. The van der Waals surface area contributed by atoms with Crippen molar-refractivity contribution in [1.29, 1.82) is 0 Å². The van der Waals surface area contributed by atoms with E-state index in [0.717, 1.165) is 13.1 Å². The SMILES string of the molecule is Cc1ccccc1N1CCN(C(=O)c2ccc(N)c([N+](=O)[O-])c2)CC1. The van der Waals surface area contributed by atoms with Crippen molar-refractivity contribution >= 4 is 23.0 Å². The van der Waals surface area contributed by atoms with Crippen LogP contribution in [0.2, 0.25) is 0 Å². The molecule has 1 aliphatic rings. The lowest BCUT2D eigenvalue weighted by molar-refractivity contribution is -0.383. The van der Waals surface area contributed by atoms with E-state index in [9.17, 15) is 14.9 Å². The molecule has 2 aromatic rings. The van der Waals surface area contributed by atoms with Gasteiger partial charge in [-0.2, -0.15) is 0 Å². The van der Waals surface area contributed by atoms with Gasteiger partial charge in [0.25, 0.3) is 11.6 Å². The Balaban J connectivity index is 1.71. The molecule has 7 heteroatoms. The van der Waals surface area contributed by atoms with E-state index in [0.29, 0.717) is 18.7 Å². The zero-order valence-corrected chi connectivity index (χ0v) is 14.0. The molecule has 0 unspecified atom stereocenters. The molecule has 7 nitrogen and oxygen atoms in total. The Kier molecular flexibility index (Phi) is 4.56. The van der Waals surface area contributed by atoms with Gasteiger partial charge in [-0.25, -0.2) is 0 Å². The third kappa shape index (κ3) is 3.40. The molecule has 2 N–H and O–H groups in total. The number of carbonyl (C=O) groups is 1. The fourth-order valence-electron chi connectivity index (χ4n) is 3.09. The second-order valence-electron chi connectivity index (χ2n) is 6.10. The number of para-hydroxylation sites is 1. The number of nitrogen functional groups attached to an aromatic ring is 1. The highest BCUT2D eigenvalue weighted by Gasteiger charge is 2.24. The predicted molar refractivity (Wildman–Crippen MR) is 96.8 cm³/mol. The van der Waals surface area contributed by atoms with Gasteiger partial charge in [-0.15, -0.1) is 0 Å². The van der Waals surface area contributed by atoms with E-state index in [2.05, 4.69) is 24.0 Å². The summed E-state index contributed by atoms with van der Waals surface area (Å²) < 4.78 is 0. The van der Waals surface area contributed by atoms with Crippen molar-refractivity contribution < 1.29 is 9.72 Å². The first-order valence-corrected chi connectivity index (χ1v) is 8.11. The number of piperazine rings is 1. The Bertz CT molecular complexity index is 814. The number of amides is 1. The Morgan fingerprint density at radius 3 is 2.44 bits per heavy atom. The van der Waals surface area contributed by atoms with Gasteiger partial charge in [0.2, 0.25) is 0 Å². The summed E-state index contributed by atoms with van der Waals surface area (Å²) >= 11 is 0. The molecular weight excluding hydrogens is 320 g/mol. The van der Waals surface area contributed by atoms with Crippen LogP contribution in [0.4, 0.5) is 17.1 Å². The van der Waals surface area contributed by atoms with Crippen molar-refractivity contribution in [1.82, 2.24) is 4.90 Å². The van der Waals surface area contributed by atoms with Crippen molar-refractivity contribution in [2.45, 2.75) is 6.92 Å². The van der Waals surface area contributed by atoms with Gasteiger partial charge in [0.15, 0.2) is 0 Å². The third-order valence-corrected chi connectivity index (χ3v) is 4.50. The number of carbonyl (C=O) groups excluding carboxylic acids is 1. The Hall–Kier alpha value is -3.09. The van der Waals surface area contributed by atoms with E-state index >= 15 is 0 Å². The van der Waals surface area contributed by atoms with Gasteiger partial charge in [-0.3, -0.25) is 14.9 Å². The van der Waals surface area contributed by atoms with Gasteiger partial charge in [0.1, 0.15) is 5.69 Å². The lowest BCUT2D eigenvalue weighted by Crippen LogP contribution is -2.49.